The number of piperazine rings is 1. The summed E-state index contributed by atoms with van der Waals surface area (Å²) in [6.07, 6.45) is 1.71. The number of aldehydes is 1. The molecule has 7 nitrogen and oxygen atoms in total. The van der Waals surface area contributed by atoms with Crippen LogP contribution in [-0.2, 0) is 14.4 Å². The van der Waals surface area contributed by atoms with Gasteiger partial charge < -0.3 is 19.9 Å². The summed E-state index contributed by atoms with van der Waals surface area (Å²) < 4.78 is 0. The molecular weight excluding hydrogens is 356 g/mol. The van der Waals surface area contributed by atoms with Crippen LogP contribution in [0, 0.1) is 0 Å². The number of benzene rings is 1. The summed E-state index contributed by atoms with van der Waals surface area (Å²) in [5.74, 6) is -0.705. The first-order valence-corrected chi connectivity index (χ1v) is 9.98. The number of likely N-dealkylation sites (N-methyl/N-ethyl adjacent to an activating group) is 2. The molecule has 0 aliphatic carbocycles. The molecule has 2 aliphatic rings. The molecule has 1 aromatic rings. The van der Waals surface area contributed by atoms with Gasteiger partial charge in [0.2, 0.25) is 11.8 Å². The second-order valence-corrected chi connectivity index (χ2v) is 6.78. The first-order valence-electron chi connectivity index (χ1n) is 9.98. The zero-order chi connectivity index (χ0) is 20.9. The van der Waals surface area contributed by atoms with Gasteiger partial charge in [-0.1, -0.05) is 26.0 Å². The van der Waals surface area contributed by atoms with Crippen LogP contribution in [-0.4, -0.2) is 74.7 Å². The van der Waals surface area contributed by atoms with E-state index in [0.29, 0.717) is 12.8 Å². The Kier molecular flexibility index (Phi) is 11.1. The molecule has 0 aromatic heterocycles. The average molecular weight is 391 g/mol. The number of carbonyl (C=O) groups excluding carboxylic acids is 3. The summed E-state index contributed by atoms with van der Waals surface area (Å²) in [7, 11) is 4.35. The number of amides is 2. The Morgan fingerprint density at radius 2 is 1.57 bits per heavy atom. The Morgan fingerprint density at radius 3 is 2.04 bits per heavy atom. The number of carbonyl (C=O) groups is 3. The molecule has 1 unspecified atom stereocenters. The van der Waals surface area contributed by atoms with E-state index >= 15 is 0 Å². The highest BCUT2D eigenvalue weighted by atomic mass is 16.2. The van der Waals surface area contributed by atoms with Crippen LogP contribution < -0.4 is 10.6 Å². The monoisotopic (exact) mass is 390 g/mol. The third-order valence-electron chi connectivity index (χ3n) is 4.67. The van der Waals surface area contributed by atoms with Crippen molar-refractivity contribution in [3.63, 3.8) is 0 Å². The zero-order valence-electron chi connectivity index (χ0n) is 17.5. The molecule has 1 aromatic carbocycles. The first-order chi connectivity index (χ1) is 13.5. The number of piperidine rings is 1. The molecule has 156 valence electrons. The van der Waals surface area contributed by atoms with E-state index in [0.717, 1.165) is 17.5 Å². The van der Waals surface area contributed by atoms with Gasteiger partial charge >= 0.3 is 0 Å². The van der Waals surface area contributed by atoms with E-state index in [1.165, 1.54) is 26.2 Å². The zero-order valence-corrected chi connectivity index (χ0v) is 17.5. The number of hydrogen-bond acceptors (Lipinski definition) is 6. The summed E-state index contributed by atoms with van der Waals surface area (Å²) in [5.41, 5.74) is 1.72. The van der Waals surface area contributed by atoms with E-state index in [4.69, 9.17) is 0 Å². The molecule has 28 heavy (non-hydrogen) atoms. The van der Waals surface area contributed by atoms with E-state index < -0.39 is 0 Å². The predicted molar refractivity (Wildman–Crippen MR) is 112 cm³/mol. The predicted octanol–water partition coefficient (Wildman–Crippen LogP) is 1.71. The normalized spacial score (nSPS) is 20.1. The first kappa shape index (κ1) is 23.8. The SMILES string of the molecule is CC.CN1CCN(C)CC1.O=CCNc1ccc(C2CCC(=O)NC2=O)cc1. The molecule has 2 amide bonds. The van der Waals surface area contributed by atoms with Crippen molar-refractivity contribution < 1.29 is 14.4 Å². The van der Waals surface area contributed by atoms with Gasteiger partial charge in [0.25, 0.3) is 0 Å². The maximum atomic E-state index is 11.7. The molecule has 2 fully saturated rings. The molecule has 7 heteroatoms. The van der Waals surface area contributed by atoms with Crippen LogP contribution in [0.25, 0.3) is 0 Å². The summed E-state index contributed by atoms with van der Waals surface area (Å²) >= 11 is 0. The van der Waals surface area contributed by atoms with Crippen LogP contribution >= 0.6 is 0 Å². The lowest BCUT2D eigenvalue weighted by Crippen LogP contribution is -2.42. The summed E-state index contributed by atoms with van der Waals surface area (Å²) in [6.45, 7) is 9.19. The fourth-order valence-electron chi connectivity index (χ4n) is 2.91. The second kappa shape index (κ2) is 13.0. The van der Waals surface area contributed by atoms with Gasteiger partial charge in [-0.25, -0.2) is 0 Å². The van der Waals surface area contributed by atoms with E-state index in [9.17, 15) is 14.4 Å². The summed E-state index contributed by atoms with van der Waals surface area (Å²) in [5, 5.41) is 5.26. The van der Waals surface area contributed by atoms with Gasteiger partial charge in [0.1, 0.15) is 6.29 Å². The van der Waals surface area contributed by atoms with Crippen molar-refractivity contribution in [2.24, 2.45) is 0 Å². The minimum atomic E-state index is -0.261. The topological polar surface area (TPSA) is 81.8 Å². The third-order valence-corrected chi connectivity index (χ3v) is 4.67. The Balaban J connectivity index is 0.000000327. The minimum Gasteiger partial charge on any atom is -0.378 e. The highest BCUT2D eigenvalue weighted by Gasteiger charge is 2.27. The van der Waals surface area contributed by atoms with Gasteiger partial charge in [-0.3, -0.25) is 14.9 Å². The number of imide groups is 1. The molecule has 2 N–H and O–H groups in total. The van der Waals surface area contributed by atoms with Crippen molar-refractivity contribution in [1.82, 2.24) is 15.1 Å². The third kappa shape index (κ3) is 8.19. The largest absolute Gasteiger partial charge is 0.378 e. The smallest absolute Gasteiger partial charge is 0.234 e. The Labute approximate surface area is 168 Å². The van der Waals surface area contributed by atoms with Crippen molar-refractivity contribution >= 4 is 23.8 Å². The Morgan fingerprint density at radius 1 is 1.04 bits per heavy atom. The van der Waals surface area contributed by atoms with Gasteiger partial charge in [0.15, 0.2) is 0 Å². The number of anilines is 1. The molecule has 2 saturated heterocycles. The van der Waals surface area contributed by atoms with Crippen LogP contribution in [0.15, 0.2) is 24.3 Å². The maximum Gasteiger partial charge on any atom is 0.234 e. The van der Waals surface area contributed by atoms with E-state index in [1.807, 2.05) is 38.1 Å². The quantitative estimate of drug-likeness (QED) is 0.602. The van der Waals surface area contributed by atoms with E-state index in [-0.39, 0.29) is 24.3 Å². The molecule has 0 spiro atoms. The van der Waals surface area contributed by atoms with Crippen molar-refractivity contribution in [1.29, 1.82) is 0 Å². The number of nitrogens with zero attached hydrogens (tertiary/aromatic N) is 2. The van der Waals surface area contributed by atoms with Crippen LogP contribution in [0.1, 0.15) is 38.2 Å². The van der Waals surface area contributed by atoms with Gasteiger partial charge in [0, 0.05) is 38.3 Å². The summed E-state index contributed by atoms with van der Waals surface area (Å²) in [6, 6.07) is 7.32. The number of hydrogen-bond donors (Lipinski definition) is 2. The number of rotatable bonds is 4. The lowest BCUT2D eigenvalue weighted by atomic mass is 9.90. The van der Waals surface area contributed by atoms with Crippen molar-refractivity contribution in [2.45, 2.75) is 32.6 Å². The van der Waals surface area contributed by atoms with Gasteiger partial charge in [-0.05, 0) is 38.2 Å². The number of nitrogens with one attached hydrogen (secondary N) is 2. The lowest BCUT2D eigenvalue weighted by Gasteiger charge is -2.28. The molecule has 3 rings (SSSR count). The molecule has 2 heterocycles. The Hall–Kier alpha value is -2.25. The fraction of sp³-hybridized carbons (Fsp3) is 0.571. The van der Waals surface area contributed by atoms with Crippen LogP contribution in [0.2, 0.25) is 0 Å². The highest BCUT2D eigenvalue weighted by Crippen LogP contribution is 2.25. The van der Waals surface area contributed by atoms with E-state index in [2.05, 4.69) is 34.5 Å². The molecule has 0 saturated carbocycles. The van der Waals surface area contributed by atoms with Crippen molar-refractivity contribution in [2.75, 3.05) is 52.1 Å². The van der Waals surface area contributed by atoms with E-state index in [1.54, 1.807) is 0 Å². The maximum absolute atomic E-state index is 11.7. The van der Waals surface area contributed by atoms with Gasteiger partial charge in [-0.2, -0.15) is 0 Å². The van der Waals surface area contributed by atoms with Gasteiger partial charge in [0.05, 0.1) is 12.5 Å². The van der Waals surface area contributed by atoms with Crippen LogP contribution in [0.3, 0.4) is 0 Å². The van der Waals surface area contributed by atoms with Crippen molar-refractivity contribution in [3.8, 4) is 0 Å². The van der Waals surface area contributed by atoms with Crippen LogP contribution in [0.4, 0.5) is 5.69 Å². The molecule has 1 atom stereocenters. The van der Waals surface area contributed by atoms with Gasteiger partial charge in [-0.15, -0.1) is 0 Å². The van der Waals surface area contributed by atoms with Crippen molar-refractivity contribution in [3.05, 3.63) is 29.8 Å². The molecule has 0 radical (unpaired) electrons. The highest BCUT2D eigenvalue weighted by molar-refractivity contribution is 6.00. The standard InChI is InChI=1S/C13H14N2O3.C6H14N2.C2H6/c16-8-7-14-10-3-1-9(2-4-10)11-5-6-12(17)15-13(11)18;1-7-3-5-8(2)6-4-7;1-2/h1-4,8,11,14H,5-7H2,(H,15,17,18);3-6H2,1-2H3;1-2H3. The molecule has 0 bridgehead atoms. The summed E-state index contributed by atoms with van der Waals surface area (Å²) in [4.78, 5) is 37.7. The van der Waals surface area contributed by atoms with Crippen LogP contribution in [0.5, 0.6) is 0 Å². The fourth-order valence-corrected chi connectivity index (χ4v) is 2.91. The molecule has 2 aliphatic heterocycles. The Bertz CT molecular complexity index is 601. The lowest BCUT2D eigenvalue weighted by molar-refractivity contribution is -0.134. The molecular formula is C21H34N4O3. The average Bonchev–Trinajstić information content (AvgIpc) is 2.71. The minimum absolute atomic E-state index is 0.208. The second-order valence-electron chi connectivity index (χ2n) is 6.78.